The summed E-state index contributed by atoms with van der Waals surface area (Å²) in [5.74, 6) is -0.0278. The molecule has 1 aromatic heterocycles. The zero-order valence-corrected chi connectivity index (χ0v) is 14.5. The molecular formula is C12H22N4O4S2. The third kappa shape index (κ3) is 3.99. The highest BCUT2D eigenvalue weighted by atomic mass is 32.2. The number of hydrogen-bond donors (Lipinski definition) is 0. The van der Waals surface area contributed by atoms with Gasteiger partial charge in [-0.2, -0.15) is 5.10 Å². The summed E-state index contributed by atoms with van der Waals surface area (Å²) in [7, 11) is -3.79. The minimum atomic E-state index is -3.57. The second-order valence-electron chi connectivity index (χ2n) is 5.41. The fourth-order valence-corrected chi connectivity index (χ4v) is 5.30. The first kappa shape index (κ1) is 17.2. The van der Waals surface area contributed by atoms with Gasteiger partial charge in [0.1, 0.15) is 0 Å². The molecule has 0 atom stereocenters. The summed E-state index contributed by atoms with van der Waals surface area (Å²) in [6.07, 6.45) is 3.48. The van der Waals surface area contributed by atoms with Crippen LogP contribution < -0.4 is 4.31 Å². The molecule has 0 radical (unpaired) electrons. The van der Waals surface area contributed by atoms with E-state index in [9.17, 15) is 16.8 Å². The number of hydrogen-bond acceptors (Lipinski definition) is 5. The first-order valence-corrected chi connectivity index (χ1v) is 10.4. The molecule has 0 N–H and O–H groups in total. The zero-order chi connectivity index (χ0) is 16.4. The topological polar surface area (TPSA) is 92.6 Å². The maximum atomic E-state index is 12.2. The van der Waals surface area contributed by atoms with Gasteiger partial charge in [-0.25, -0.2) is 21.1 Å². The van der Waals surface area contributed by atoms with E-state index in [1.54, 1.807) is 19.3 Å². The summed E-state index contributed by atoms with van der Waals surface area (Å²) >= 11 is 0. The minimum Gasteiger partial charge on any atom is -0.274 e. The lowest BCUT2D eigenvalue weighted by atomic mass is 10.4. The van der Waals surface area contributed by atoms with Gasteiger partial charge in [-0.3, -0.25) is 8.99 Å². The molecule has 22 heavy (non-hydrogen) atoms. The Kier molecular flexibility index (Phi) is 5.13. The molecule has 126 valence electrons. The Hall–Kier alpha value is -1.13. The van der Waals surface area contributed by atoms with Gasteiger partial charge in [0, 0.05) is 39.4 Å². The van der Waals surface area contributed by atoms with Crippen LogP contribution in [0.2, 0.25) is 0 Å². The van der Waals surface area contributed by atoms with E-state index in [0.29, 0.717) is 18.9 Å². The van der Waals surface area contributed by atoms with E-state index < -0.39 is 20.0 Å². The molecule has 0 unspecified atom stereocenters. The van der Waals surface area contributed by atoms with Crippen LogP contribution in [-0.2, 0) is 27.1 Å². The second kappa shape index (κ2) is 6.55. The Labute approximate surface area is 131 Å². The maximum absolute atomic E-state index is 12.2. The van der Waals surface area contributed by atoms with Gasteiger partial charge < -0.3 is 0 Å². The summed E-state index contributed by atoms with van der Waals surface area (Å²) in [4.78, 5) is 0. The molecule has 0 saturated carbocycles. The highest BCUT2D eigenvalue weighted by Gasteiger charge is 2.26. The van der Waals surface area contributed by atoms with Crippen LogP contribution in [0.5, 0.6) is 0 Å². The number of rotatable bonds is 7. The van der Waals surface area contributed by atoms with Crippen LogP contribution in [-0.4, -0.2) is 62.6 Å². The van der Waals surface area contributed by atoms with Gasteiger partial charge in [-0.05, 0) is 19.3 Å². The number of aromatic nitrogens is 2. The van der Waals surface area contributed by atoms with Crippen molar-refractivity contribution in [3.8, 4) is 0 Å². The molecule has 2 heterocycles. The van der Waals surface area contributed by atoms with Crippen molar-refractivity contribution in [3.63, 3.8) is 0 Å². The van der Waals surface area contributed by atoms with E-state index >= 15 is 0 Å². The first-order chi connectivity index (χ1) is 10.2. The van der Waals surface area contributed by atoms with Crippen LogP contribution in [0.4, 0.5) is 5.82 Å². The molecule has 2 rings (SSSR count). The first-order valence-electron chi connectivity index (χ1n) is 7.16. The van der Waals surface area contributed by atoms with Gasteiger partial charge >= 0.3 is 0 Å². The number of nitrogens with zero attached hydrogens (tertiary/aromatic N) is 4. The lowest BCUT2D eigenvalue weighted by Gasteiger charge is -2.18. The molecule has 0 aliphatic carbocycles. The average molecular weight is 350 g/mol. The molecular weight excluding hydrogens is 328 g/mol. The molecule has 0 spiro atoms. The van der Waals surface area contributed by atoms with Crippen LogP contribution in [0.1, 0.15) is 19.3 Å². The normalized spacial score (nSPS) is 17.0. The second-order valence-corrected chi connectivity index (χ2v) is 9.62. The smallest absolute Gasteiger partial charge is 0.236 e. The van der Waals surface area contributed by atoms with Gasteiger partial charge in [0.25, 0.3) is 0 Å². The van der Waals surface area contributed by atoms with Crippen molar-refractivity contribution < 1.29 is 16.8 Å². The van der Waals surface area contributed by atoms with E-state index in [1.807, 2.05) is 0 Å². The lowest BCUT2D eigenvalue weighted by molar-refractivity contribution is 0.476. The summed E-state index contributed by atoms with van der Waals surface area (Å²) in [6, 6.07) is 1.60. The monoisotopic (exact) mass is 350 g/mol. The maximum Gasteiger partial charge on any atom is 0.236 e. The zero-order valence-electron chi connectivity index (χ0n) is 12.8. The molecule has 0 bridgehead atoms. The lowest BCUT2D eigenvalue weighted by Crippen LogP contribution is -2.33. The average Bonchev–Trinajstić information content (AvgIpc) is 3.08. The van der Waals surface area contributed by atoms with Gasteiger partial charge in [-0.1, -0.05) is 0 Å². The van der Waals surface area contributed by atoms with E-state index in [1.165, 1.54) is 16.0 Å². The minimum absolute atomic E-state index is 0.0817. The Morgan fingerprint density at radius 3 is 2.36 bits per heavy atom. The number of aryl methyl sites for hydroxylation is 1. The molecule has 8 nitrogen and oxygen atoms in total. The van der Waals surface area contributed by atoms with Crippen molar-refractivity contribution in [2.75, 3.05) is 35.9 Å². The van der Waals surface area contributed by atoms with Gasteiger partial charge in [-0.15, -0.1) is 0 Å². The van der Waals surface area contributed by atoms with E-state index in [0.717, 1.165) is 17.1 Å². The summed E-state index contributed by atoms with van der Waals surface area (Å²) in [5, 5.41) is 4.03. The van der Waals surface area contributed by atoms with E-state index in [4.69, 9.17) is 0 Å². The summed E-state index contributed by atoms with van der Waals surface area (Å²) in [6.45, 7) is 1.09. The predicted molar refractivity (Wildman–Crippen MR) is 84.6 cm³/mol. The van der Waals surface area contributed by atoms with Crippen LogP contribution >= 0.6 is 0 Å². The summed E-state index contributed by atoms with van der Waals surface area (Å²) < 4.78 is 52.6. The van der Waals surface area contributed by atoms with Gasteiger partial charge in [0.05, 0.1) is 11.5 Å². The third-order valence-electron chi connectivity index (χ3n) is 3.70. The Morgan fingerprint density at radius 2 is 1.82 bits per heavy atom. The molecule has 10 heteroatoms. The molecule has 0 amide bonds. The predicted octanol–water partition coefficient (Wildman–Crippen LogP) is 0.00180. The molecule has 1 fully saturated rings. The van der Waals surface area contributed by atoms with E-state index in [2.05, 4.69) is 5.10 Å². The van der Waals surface area contributed by atoms with Crippen molar-refractivity contribution in [1.29, 1.82) is 0 Å². The van der Waals surface area contributed by atoms with Crippen molar-refractivity contribution >= 4 is 25.9 Å². The van der Waals surface area contributed by atoms with Crippen LogP contribution in [0.3, 0.4) is 0 Å². The Bertz CT molecular complexity index is 705. The fourth-order valence-electron chi connectivity index (χ4n) is 2.37. The molecule has 1 aliphatic heterocycles. The number of sulfonamides is 2. The van der Waals surface area contributed by atoms with Crippen LogP contribution in [0.25, 0.3) is 0 Å². The highest BCUT2D eigenvalue weighted by molar-refractivity contribution is 7.92. The Morgan fingerprint density at radius 1 is 1.18 bits per heavy atom. The van der Waals surface area contributed by atoms with Gasteiger partial charge in [0.2, 0.25) is 20.0 Å². The van der Waals surface area contributed by atoms with Gasteiger partial charge in [0.15, 0.2) is 5.82 Å². The van der Waals surface area contributed by atoms with Crippen molar-refractivity contribution in [3.05, 3.63) is 12.3 Å². The van der Waals surface area contributed by atoms with Crippen molar-refractivity contribution in [2.45, 2.75) is 19.3 Å². The van der Waals surface area contributed by atoms with Crippen molar-refractivity contribution in [2.24, 2.45) is 7.05 Å². The number of anilines is 1. The highest BCUT2D eigenvalue weighted by Crippen LogP contribution is 2.16. The summed E-state index contributed by atoms with van der Waals surface area (Å²) in [5.41, 5.74) is 0. The quantitative estimate of drug-likeness (QED) is 0.690. The Balaban J connectivity index is 1.92. The van der Waals surface area contributed by atoms with Crippen molar-refractivity contribution in [1.82, 2.24) is 14.1 Å². The largest absolute Gasteiger partial charge is 0.274 e. The molecule has 1 saturated heterocycles. The molecule has 0 aromatic carbocycles. The molecule has 1 aliphatic rings. The van der Waals surface area contributed by atoms with E-state index in [-0.39, 0.29) is 17.9 Å². The van der Waals surface area contributed by atoms with Crippen LogP contribution in [0, 0.1) is 0 Å². The van der Waals surface area contributed by atoms with Crippen LogP contribution in [0.15, 0.2) is 12.3 Å². The molecule has 1 aromatic rings. The third-order valence-corrected chi connectivity index (χ3v) is 7.49. The fraction of sp³-hybridized carbons (Fsp3) is 0.750. The standard InChI is InChI=1S/C12H22N4O4S2/c1-14-9-6-12(13-14)15(2)21(17,18)10-5-11-22(19,20)16-7-3-4-8-16/h6,9H,3-5,7-8,10-11H2,1-2H3. The SMILES string of the molecule is CN(c1ccn(C)n1)S(=O)(=O)CCCS(=O)(=O)N1CCCC1.